The van der Waals surface area contributed by atoms with Gasteiger partial charge in [0, 0.05) is 25.2 Å². The van der Waals surface area contributed by atoms with Crippen LogP contribution in [0, 0.1) is 6.92 Å². The van der Waals surface area contributed by atoms with E-state index < -0.39 is 12.0 Å². The topological polar surface area (TPSA) is 80.2 Å². The summed E-state index contributed by atoms with van der Waals surface area (Å²) in [6.45, 7) is 2.12. The highest BCUT2D eigenvalue weighted by molar-refractivity contribution is 5.49. The van der Waals surface area contributed by atoms with Gasteiger partial charge in [0.1, 0.15) is 17.4 Å². The van der Waals surface area contributed by atoms with Crippen molar-refractivity contribution in [3.63, 3.8) is 0 Å². The lowest BCUT2D eigenvalue weighted by atomic mass is 10.2. The van der Waals surface area contributed by atoms with Gasteiger partial charge in [0.25, 0.3) is 0 Å². The summed E-state index contributed by atoms with van der Waals surface area (Å²) in [6.07, 6.45) is -3.12. The maximum Gasteiger partial charge on any atom is 0.451 e. The van der Waals surface area contributed by atoms with E-state index in [-0.39, 0.29) is 11.6 Å². The van der Waals surface area contributed by atoms with Crippen LogP contribution in [-0.4, -0.2) is 17.0 Å². The smallest absolute Gasteiger partial charge is 0.451 e. The Balaban J connectivity index is 2.32. The Morgan fingerprint density at radius 1 is 1.38 bits per heavy atom. The van der Waals surface area contributed by atoms with E-state index in [4.69, 9.17) is 10.3 Å². The van der Waals surface area contributed by atoms with Crippen LogP contribution < -0.4 is 16.2 Å². The second-order valence-corrected chi connectivity index (χ2v) is 4.44. The molecule has 0 unspecified atom stereocenters. The third-order valence-corrected chi connectivity index (χ3v) is 2.88. The van der Waals surface area contributed by atoms with Crippen molar-refractivity contribution in [1.29, 1.82) is 0 Å². The Labute approximate surface area is 118 Å². The predicted molar refractivity (Wildman–Crippen MR) is 70.4 cm³/mol. The molecule has 0 radical (unpaired) electrons. The average Bonchev–Trinajstić information content (AvgIpc) is 2.82. The Kier molecular flexibility index (Phi) is 4.03. The minimum absolute atomic E-state index is 0.103. The third-order valence-electron chi connectivity index (χ3n) is 2.88. The summed E-state index contributed by atoms with van der Waals surface area (Å²) in [5.41, 5.74) is 2.96. The molecule has 0 aromatic carbocycles. The van der Waals surface area contributed by atoms with Crippen molar-refractivity contribution in [3.8, 4) is 0 Å². The Morgan fingerprint density at radius 2 is 2.10 bits per heavy atom. The lowest BCUT2D eigenvalue weighted by Crippen LogP contribution is -2.22. The molecule has 0 amide bonds. The molecule has 0 fully saturated rings. The maximum absolute atomic E-state index is 12.8. The highest BCUT2D eigenvalue weighted by Crippen LogP contribution is 2.29. The fourth-order valence-corrected chi connectivity index (χ4v) is 1.74. The van der Waals surface area contributed by atoms with Gasteiger partial charge < -0.3 is 14.7 Å². The van der Waals surface area contributed by atoms with E-state index in [9.17, 15) is 13.2 Å². The van der Waals surface area contributed by atoms with E-state index in [1.54, 1.807) is 24.9 Å². The summed E-state index contributed by atoms with van der Waals surface area (Å²) in [6, 6.07) is 3.09. The molecule has 0 aliphatic carbocycles. The molecule has 2 heterocycles. The van der Waals surface area contributed by atoms with E-state index in [0.717, 1.165) is 5.56 Å². The second kappa shape index (κ2) is 5.60. The first kappa shape index (κ1) is 15.1. The van der Waals surface area contributed by atoms with E-state index in [0.29, 0.717) is 12.3 Å². The van der Waals surface area contributed by atoms with Gasteiger partial charge in [-0.1, -0.05) is 0 Å². The first-order valence-corrected chi connectivity index (χ1v) is 5.98. The van der Waals surface area contributed by atoms with Crippen molar-refractivity contribution in [2.24, 2.45) is 5.84 Å². The molecular formula is C12H14F3N5O. The monoisotopic (exact) mass is 301 g/mol. The molecule has 0 atom stereocenters. The van der Waals surface area contributed by atoms with Crippen LogP contribution in [0.25, 0.3) is 0 Å². The van der Waals surface area contributed by atoms with Crippen molar-refractivity contribution in [2.75, 3.05) is 17.4 Å². The summed E-state index contributed by atoms with van der Waals surface area (Å²) in [7, 11) is 1.62. The standard InChI is InChI=1S/C12H14F3N5O/c1-7-8(3-4-21-7)6-20(2)10-5-9(19-16)17-11(18-10)12(13,14)15/h3-5H,6,16H2,1-2H3,(H,17,18,19). The van der Waals surface area contributed by atoms with Gasteiger partial charge in [-0.25, -0.2) is 15.8 Å². The second-order valence-electron chi connectivity index (χ2n) is 4.44. The lowest BCUT2D eigenvalue weighted by Gasteiger charge is -2.19. The highest BCUT2D eigenvalue weighted by Gasteiger charge is 2.35. The highest BCUT2D eigenvalue weighted by atomic mass is 19.4. The summed E-state index contributed by atoms with van der Waals surface area (Å²) < 4.78 is 43.4. The number of aromatic nitrogens is 2. The van der Waals surface area contributed by atoms with Crippen LogP contribution in [0.4, 0.5) is 24.8 Å². The quantitative estimate of drug-likeness (QED) is 0.666. The van der Waals surface area contributed by atoms with E-state index in [1.807, 2.05) is 0 Å². The Morgan fingerprint density at radius 3 is 2.62 bits per heavy atom. The first-order chi connectivity index (χ1) is 9.81. The zero-order valence-electron chi connectivity index (χ0n) is 11.4. The predicted octanol–water partition coefficient (Wildman–Crippen LogP) is 2.32. The van der Waals surface area contributed by atoms with E-state index >= 15 is 0 Å². The van der Waals surface area contributed by atoms with Crippen LogP contribution in [0.1, 0.15) is 17.1 Å². The minimum Gasteiger partial charge on any atom is -0.469 e. The fraction of sp³-hybridized carbons (Fsp3) is 0.333. The van der Waals surface area contributed by atoms with Crippen molar-refractivity contribution >= 4 is 11.6 Å². The molecular weight excluding hydrogens is 287 g/mol. The van der Waals surface area contributed by atoms with Gasteiger partial charge in [-0.2, -0.15) is 13.2 Å². The molecule has 2 aromatic heterocycles. The minimum atomic E-state index is -4.64. The van der Waals surface area contributed by atoms with Gasteiger partial charge in [-0.05, 0) is 13.0 Å². The van der Waals surface area contributed by atoms with Gasteiger partial charge in [-0.3, -0.25) is 0 Å². The van der Waals surface area contributed by atoms with Gasteiger partial charge in [-0.15, -0.1) is 0 Å². The molecule has 6 nitrogen and oxygen atoms in total. The van der Waals surface area contributed by atoms with Crippen molar-refractivity contribution in [1.82, 2.24) is 9.97 Å². The van der Waals surface area contributed by atoms with Crippen molar-refractivity contribution in [2.45, 2.75) is 19.6 Å². The van der Waals surface area contributed by atoms with Gasteiger partial charge in [0.15, 0.2) is 0 Å². The molecule has 0 bridgehead atoms. The van der Waals surface area contributed by atoms with Gasteiger partial charge in [0.2, 0.25) is 5.82 Å². The molecule has 3 N–H and O–H groups in total. The number of rotatable bonds is 4. The number of nitrogens with one attached hydrogen (secondary N) is 1. The number of furan rings is 1. The number of nitrogen functional groups attached to an aromatic ring is 1. The number of halogens is 3. The molecule has 0 saturated carbocycles. The van der Waals surface area contributed by atoms with Crippen LogP contribution in [0.3, 0.4) is 0 Å². The number of aryl methyl sites for hydroxylation is 1. The fourth-order valence-electron chi connectivity index (χ4n) is 1.74. The lowest BCUT2D eigenvalue weighted by molar-refractivity contribution is -0.144. The summed E-state index contributed by atoms with van der Waals surface area (Å²) in [5.74, 6) is 4.60. The summed E-state index contributed by atoms with van der Waals surface area (Å²) in [4.78, 5) is 8.38. The number of alkyl halides is 3. The van der Waals surface area contributed by atoms with Gasteiger partial charge in [0.05, 0.1) is 6.26 Å². The number of anilines is 2. The van der Waals surface area contributed by atoms with Gasteiger partial charge >= 0.3 is 6.18 Å². The molecule has 2 aromatic rings. The normalized spacial score (nSPS) is 11.5. The molecule has 114 valence electrons. The molecule has 0 aliphatic heterocycles. The molecule has 21 heavy (non-hydrogen) atoms. The number of hydrazine groups is 1. The van der Waals surface area contributed by atoms with E-state index in [1.165, 1.54) is 12.3 Å². The first-order valence-electron chi connectivity index (χ1n) is 5.98. The average molecular weight is 301 g/mol. The Hall–Kier alpha value is -2.29. The largest absolute Gasteiger partial charge is 0.469 e. The molecule has 9 heteroatoms. The number of nitrogens with two attached hydrogens (primary N) is 1. The SMILES string of the molecule is Cc1occc1CN(C)c1cc(NN)nc(C(F)(F)F)n1. The third kappa shape index (κ3) is 3.43. The zero-order chi connectivity index (χ0) is 15.6. The number of nitrogens with zero attached hydrogens (tertiary/aromatic N) is 3. The molecule has 0 aliphatic rings. The Bertz CT molecular complexity index is 626. The number of hydrogen-bond acceptors (Lipinski definition) is 6. The van der Waals surface area contributed by atoms with Crippen LogP contribution in [0.2, 0.25) is 0 Å². The summed E-state index contributed by atoms with van der Waals surface area (Å²) >= 11 is 0. The van der Waals surface area contributed by atoms with Crippen LogP contribution >= 0.6 is 0 Å². The van der Waals surface area contributed by atoms with Crippen LogP contribution in [0.5, 0.6) is 0 Å². The van der Waals surface area contributed by atoms with Crippen molar-refractivity contribution < 1.29 is 17.6 Å². The number of hydrogen-bond donors (Lipinski definition) is 2. The van der Waals surface area contributed by atoms with Crippen LogP contribution in [-0.2, 0) is 12.7 Å². The van der Waals surface area contributed by atoms with Crippen molar-refractivity contribution in [3.05, 3.63) is 35.5 Å². The molecule has 0 saturated heterocycles. The molecule has 2 rings (SSSR count). The summed E-state index contributed by atoms with van der Waals surface area (Å²) in [5, 5.41) is 0. The van der Waals surface area contributed by atoms with Crippen LogP contribution in [0.15, 0.2) is 22.8 Å². The maximum atomic E-state index is 12.8. The molecule has 0 spiro atoms. The van der Waals surface area contributed by atoms with E-state index in [2.05, 4.69) is 15.4 Å². The zero-order valence-corrected chi connectivity index (χ0v) is 11.4.